The summed E-state index contributed by atoms with van der Waals surface area (Å²) in [4.78, 5) is 4.48. The lowest BCUT2D eigenvalue weighted by atomic mass is 9.93. The van der Waals surface area contributed by atoms with Gasteiger partial charge in [-0.3, -0.25) is 5.10 Å². The number of nitrogens with one attached hydrogen (secondary N) is 1. The van der Waals surface area contributed by atoms with Crippen LogP contribution in [0.3, 0.4) is 0 Å². The fraction of sp³-hybridized carbons (Fsp3) is 0.357. The van der Waals surface area contributed by atoms with E-state index in [0.29, 0.717) is 0 Å². The average molecular weight is 255 g/mol. The molecule has 0 spiro atoms. The van der Waals surface area contributed by atoms with Crippen LogP contribution in [0.25, 0.3) is 16.9 Å². The van der Waals surface area contributed by atoms with Crippen LogP contribution in [0.1, 0.15) is 32.2 Å². The largest absolute Gasteiger partial charge is 0.278 e. The van der Waals surface area contributed by atoms with Gasteiger partial charge in [-0.2, -0.15) is 10.2 Å². The number of aryl methyl sites for hydroxylation is 1. The molecule has 0 unspecified atom stereocenters. The molecule has 0 atom stereocenters. The topological polar surface area (TPSA) is 58.9 Å². The summed E-state index contributed by atoms with van der Waals surface area (Å²) in [7, 11) is 0. The molecule has 3 aromatic heterocycles. The summed E-state index contributed by atoms with van der Waals surface area (Å²) in [6, 6.07) is 3.98. The van der Waals surface area contributed by atoms with Gasteiger partial charge < -0.3 is 0 Å². The van der Waals surface area contributed by atoms with Crippen LogP contribution in [0.5, 0.6) is 0 Å². The minimum atomic E-state index is 0.0221. The minimum absolute atomic E-state index is 0.0221. The molecule has 0 aliphatic carbocycles. The summed E-state index contributed by atoms with van der Waals surface area (Å²) >= 11 is 0. The van der Waals surface area contributed by atoms with E-state index >= 15 is 0 Å². The van der Waals surface area contributed by atoms with Crippen molar-refractivity contribution in [1.82, 2.24) is 24.8 Å². The Hall–Kier alpha value is -2.17. The Kier molecular flexibility index (Phi) is 2.45. The molecular weight excluding hydrogens is 238 g/mol. The molecule has 3 rings (SSSR count). The number of hydrogen-bond acceptors (Lipinski definition) is 3. The highest BCUT2D eigenvalue weighted by molar-refractivity contribution is 5.62. The number of H-pyrrole nitrogens is 1. The van der Waals surface area contributed by atoms with Crippen molar-refractivity contribution in [1.29, 1.82) is 0 Å². The zero-order valence-electron chi connectivity index (χ0n) is 11.6. The lowest BCUT2D eigenvalue weighted by Gasteiger charge is -2.13. The molecular formula is C14H17N5. The van der Waals surface area contributed by atoms with Gasteiger partial charge in [-0.05, 0) is 13.0 Å². The van der Waals surface area contributed by atoms with E-state index in [1.807, 2.05) is 29.8 Å². The summed E-state index contributed by atoms with van der Waals surface area (Å²) in [5.74, 6) is 0. The van der Waals surface area contributed by atoms with Gasteiger partial charge >= 0.3 is 0 Å². The number of aromatic nitrogens is 5. The Morgan fingerprint density at radius 1 is 1.26 bits per heavy atom. The quantitative estimate of drug-likeness (QED) is 0.727. The van der Waals surface area contributed by atoms with E-state index in [2.05, 4.69) is 41.1 Å². The third-order valence-electron chi connectivity index (χ3n) is 3.28. The first-order chi connectivity index (χ1) is 8.97. The molecule has 19 heavy (non-hydrogen) atoms. The summed E-state index contributed by atoms with van der Waals surface area (Å²) in [6.07, 6.45) is 3.61. The molecule has 3 aromatic rings. The van der Waals surface area contributed by atoms with Gasteiger partial charge in [0.25, 0.3) is 0 Å². The molecule has 0 saturated heterocycles. The van der Waals surface area contributed by atoms with E-state index in [9.17, 15) is 0 Å². The van der Waals surface area contributed by atoms with E-state index < -0.39 is 0 Å². The molecule has 0 radical (unpaired) electrons. The highest BCUT2D eigenvalue weighted by Crippen LogP contribution is 2.25. The Balaban J connectivity index is 2.22. The molecule has 1 N–H and O–H groups in total. The van der Waals surface area contributed by atoms with Crippen molar-refractivity contribution in [2.24, 2.45) is 0 Å². The second-order valence-corrected chi connectivity index (χ2v) is 5.78. The van der Waals surface area contributed by atoms with Crippen molar-refractivity contribution in [3.05, 3.63) is 35.9 Å². The van der Waals surface area contributed by atoms with E-state index in [1.54, 1.807) is 6.20 Å². The first-order valence-electron chi connectivity index (χ1n) is 6.32. The molecule has 0 aliphatic rings. The Labute approximate surface area is 111 Å². The third kappa shape index (κ3) is 1.91. The minimum Gasteiger partial charge on any atom is -0.278 e. The zero-order valence-corrected chi connectivity index (χ0v) is 11.6. The highest BCUT2D eigenvalue weighted by atomic mass is 15.3. The van der Waals surface area contributed by atoms with Gasteiger partial charge in [-0.25, -0.2) is 9.50 Å². The SMILES string of the molecule is Cc1c(-c2ccn[nH]2)cnc2cc(C(C)(C)C)nn12. The maximum Gasteiger partial charge on any atom is 0.155 e. The normalized spacial score (nSPS) is 12.2. The Morgan fingerprint density at radius 2 is 2.05 bits per heavy atom. The van der Waals surface area contributed by atoms with E-state index in [4.69, 9.17) is 0 Å². The highest BCUT2D eigenvalue weighted by Gasteiger charge is 2.19. The zero-order chi connectivity index (χ0) is 13.6. The lowest BCUT2D eigenvalue weighted by molar-refractivity contribution is 0.561. The van der Waals surface area contributed by atoms with Crippen LogP contribution in [0.15, 0.2) is 24.5 Å². The van der Waals surface area contributed by atoms with Crippen LogP contribution in [-0.4, -0.2) is 24.8 Å². The third-order valence-corrected chi connectivity index (χ3v) is 3.28. The lowest BCUT2D eigenvalue weighted by Crippen LogP contribution is -2.12. The molecule has 0 aliphatic heterocycles. The Bertz CT molecular complexity index is 716. The van der Waals surface area contributed by atoms with Crippen LogP contribution in [0.2, 0.25) is 0 Å². The van der Waals surface area contributed by atoms with Gasteiger partial charge in [0.2, 0.25) is 0 Å². The van der Waals surface area contributed by atoms with Crippen molar-refractivity contribution in [3.63, 3.8) is 0 Å². The van der Waals surface area contributed by atoms with Gasteiger partial charge in [-0.15, -0.1) is 0 Å². The number of nitrogens with zero attached hydrogens (tertiary/aromatic N) is 4. The molecule has 98 valence electrons. The smallest absolute Gasteiger partial charge is 0.155 e. The van der Waals surface area contributed by atoms with Crippen molar-refractivity contribution in [2.75, 3.05) is 0 Å². The van der Waals surface area contributed by atoms with E-state index in [1.165, 1.54) is 0 Å². The predicted octanol–water partition coefficient (Wildman–Crippen LogP) is 2.73. The standard InChI is InChI=1S/C14H17N5/c1-9-10(11-5-6-16-17-11)8-15-13-7-12(14(2,3)4)18-19(9)13/h5-8H,1-4H3,(H,16,17). The van der Waals surface area contributed by atoms with Crippen LogP contribution in [0.4, 0.5) is 0 Å². The summed E-state index contributed by atoms with van der Waals surface area (Å²) in [6.45, 7) is 8.50. The first-order valence-corrected chi connectivity index (χ1v) is 6.32. The van der Waals surface area contributed by atoms with Gasteiger partial charge in [0.1, 0.15) is 0 Å². The molecule has 3 heterocycles. The number of fused-ring (bicyclic) bond motifs is 1. The van der Waals surface area contributed by atoms with Gasteiger partial charge in [0.15, 0.2) is 5.65 Å². The second-order valence-electron chi connectivity index (χ2n) is 5.78. The van der Waals surface area contributed by atoms with Crippen molar-refractivity contribution in [3.8, 4) is 11.3 Å². The number of aromatic amines is 1. The summed E-state index contributed by atoms with van der Waals surface area (Å²) < 4.78 is 1.90. The van der Waals surface area contributed by atoms with Crippen molar-refractivity contribution < 1.29 is 0 Å². The maximum absolute atomic E-state index is 4.67. The summed E-state index contributed by atoms with van der Waals surface area (Å²) in [5, 5.41) is 11.6. The fourth-order valence-electron chi connectivity index (χ4n) is 2.09. The molecule has 5 heteroatoms. The molecule has 0 amide bonds. The molecule has 0 fully saturated rings. The first kappa shape index (κ1) is 11.9. The molecule has 0 saturated carbocycles. The second kappa shape index (κ2) is 3.91. The van der Waals surface area contributed by atoms with Crippen LogP contribution >= 0.6 is 0 Å². The molecule has 0 bridgehead atoms. The van der Waals surface area contributed by atoms with Crippen molar-refractivity contribution >= 4 is 5.65 Å². The van der Waals surface area contributed by atoms with Gasteiger partial charge in [0, 0.05) is 29.4 Å². The number of rotatable bonds is 1. The number of hydrogen-bond donors (Lipinski definition) is 1. The predicted molar refractivity (Wildman–Crippen MR) is 74.0 cm³/mol. The maximum atomic E-state index is 4.67. The van der Waals surface area contributed by atoms with Crippen molar-refractivity contribution in [2.45, 2.75) is 33.1 Å². The van der Waals surface area contributed by atoms with Crippen LogP contribution in [0, 0.1) is 6.92 Å². The van der Waals surface area contributed by atoms with Crippen LogP contribution < -0.4 is 0 Å². The molecule has 0 aromatic carbocycles. The molecule has 5 nitrogen and oxygen atoms in total. The Morgan fingerprint density at radius 3 is 2.68 bits per heavy atom. The fourth-order valence-corrected chi connectivity index (χ4v) is 2.09. The summed E-state index contributed by atoms with van der Waals surface area (Å²) in [5.41, 5.74) is 4.99. The van der Waals surface area contributed by atoms with E-state index in [-0.39, 0.29) is 5.41 Å². The monoisotopic (exact) mass is 255 g/mol. The van der Waals surface area contributed by atoms with E-state index in [0.717, 1.165) is 28.3 Å². The van der Waals surface area contributed by atoms with Crippen LogP contribution in [-0.2, 0) is 5.41 Å². The van der Waals surface area contributed by atoms with Gasteiger partial charge in [0.05, 0.1) is 17.1 Å². The average Bonchev–Trinajstić information content (AvgIpc) is 2.96. The van der Waals surface area contributed by atoms with Gasteiger partial charge in [-0.1, -0.05) is 20.8 Å².